The Hall–Kier alpha value is -2.68. The van der Waals surface area contributed by atoms with E-state index in [0.29, 0.717) is 13.0 Å². The lowest BCUT2D eigenvalue weighted by Crippen LogP contribution is -2.31. The molecule has 0 aliphatic carbocycles. The summed E-state index contributed by atoms with van der Waals surface area (Å²) in [5.74, 6) is -2.13. The van der Waals surface area contributed by atoms with E-state index >= 15 is 0 Å². The van der Waals surface area contributed by atoms with Crippen molar-refractivity contribution < 1.29 is 28.5 Å². The molecule has 7 nitrogen and oxygen atoms in total. The van der Waals surface area contributed by atoms with E-state index in [1.807, 2.05) is 0 Å². The predicted octanol–water partition coefficient (Wildman–Crippen LogP) is 1.31. The van der Waals surface area contributed by atoms with Crippen LogP contribution in [-0.4, -0.2) is 53.2 Å². The number of hydrogen-bond donors (Lipinski definition) is 2. The maximum absolute atomic E-state index is 14.8. The number of alkyl halides is 1. The fourth-order valence-electron chi connectivity index (χ4n) is 3.64. The molecule has 0 amide bonds. The van der Waals surface area contributed by atoms with E-state index in [-0.39, 0.29) is 35.5 Å². The molecule has 0 spiro atoms. The van der Waals surface area contributed by atoms with Crippen molar-refractivity contribution in [3.05, 3.63) is 33.9 Å². The lowest BCUT2D eigenvalue weighted by Gasteiger charge is -2.31. The van der Waals surface area contributed by atoms with E-state index < -0.39 is 41.6 Å². The smallest absolute Gasteiger partial charge is 0.341 e. The third kappa shape index (κ3) is 2.34. The zero-order valence-electron chi connectivity index (χ0n) is 13.6. The summed E-state index contributed by atoms with van der Waals surface area (Å²) in [6.07, 6.45) is 0.953. The van der Waals surface area contributed by atoms with Gasteiger partial charge in [-0.2, -0.15) is 0 Å². The van der Waals surface area contributed by atoms with Crippen LogP contribution >= 0.6 is 0 Å². The van der Waals surface area contributed by atoms with Gasteiger partial charge in [0.15, 0.2) is 11.6 Å². The van der Waals surface area contributed by atoms with Crippen molar-refractivity contribution in [2.45, 2.75) is 18.6 Å². The Labute approximate surface area is 146 Å². The van der Waals surface area contributed by atoms with Crippen molar-refractivity contribution in [1.29, 1.82) is 0 Å². The van der Waals surface area contributed by atoms with E-state index in [2.05, 4.69) is 0 Å². The number of carboxylic acids is 1. The molecule has 1 saturated heterocycles. The molecule has 3 heterocycles. The van der Waals surface area contributed by atoms with Crippen LogP contribution in [0.3, 0.4) is 0 Å². The number of halogens is 2. The molecular formula is C17H16F2N2O5. The van der Waals surface area contributed by atoms with Crippen molar-refractivity contribution in [1.82, 2.24) is 4.57 Å². The number of aliphatic hydroxyl groups is 1. The van der Waals surface area contributed by atoms with Gasteiger partial charge in [0, 0.05) is 19.3 Å². The first kappa shape index (κ1) is 16.8. The highest BCUT2D eigenvalue weighted by atomic mass is 19.1. The van der Waals surface area contributed by atoms with Gasteiger partial charge in [-0.1, -0.05) is 0 Å². The second-order valence-corrected chi connectivity index (χ2v) is 6.52. The van der Waals surface area contributed by atoms with Gasteiger partial charge in [-0.25, -0.2) is 13.6 Å². The Morgan fingerprint density at radius 3 is 2.81 bits per heavy atom. The van der Waals surface area contributed by atoms with Crippen molar-refractivity contribution in [3.8, 4) is 5.75 Å². The minimum atomic E-state index is -1.46. The fraction of sp³-hybridized carbons (Fsp3) is 0.412. The molecule has 2 N–H and O–H groups in total. The highest BCUT2D eigenvalue weighted by molar-refractivity contribution is 5.97. The van der Waals surface area contributed by atoms with Gasteiger partial charge in [0.05, 0.1) is 23.0 Å². The van der Waals surface area contributed by atoms with Crippen LogP contribution in [-0.2, 0) is 0 Å². The number of anilines is 1. The highest BCUT2D eigenvalue weighted by Gasteiger charge is 2.33. The summed E-state index contributed by atoms with van der Waals surface area (Å²) >= 11 is 0. The molecule has 2 aliphatic heterocycles. The van der Waals surface area contributed by atoms with Crippen molar-refractivity contribution >= 4 is 22.6 Å². The molecule has 0 bridgehead atoms. The summed E-state index contributed by atoms with van der Waals surface area (Å²) in [6.45, 7) is -0.328. The number of rotatable bonds is 3. The minimum Gasteiger partial charge on any atom is -0.487 e. The first-order valence-electron chi connectivity index (χ1n) is 8.18. The Kier molecular flexibility index (Phi) is 3.83. The van der Waals surface area contributed by atoms with Crippen LogP contribution in [0.5, 0.6) is 5.75 Å². The molecule has 1 aromatic heterocycles. The molecule has 2 aromatic rings. The van der Waals surface area contributed by atoms with Crippen LogP contribution in [0.25, 0.3) is 10.9 Å². The fourth-order valence-corrected chi connectivity index (χ4v) is 3.64. The third-order valence-corrected chi connectivity index (χ3v) is 4.90. The Morgan fingerprint density at radius 2 is 2.19 bits per heavy atom. The number of aromatic carboxylic acids is 1. The summed E-state index contributed by atoms with van der Waals surface area (Å²) in [6, 6.07) is 0.153. The number of aliphatic hydroxyl groups excluding tert-OH is 1. The molecule has 26 heavy (non-hydrogen) atoms. The summed E-state index contributed by atoms with van der Waals surface area (Å²) in [5.41, 5.74) is -1.12. The molecule has 1 aromatic carbocycles. The number of carbonyl (C=O) groups is 1. The van der Waals surface area contributed by atoms with Crippen molar-refractivity contribution in [3.63, 3.8) is 0 Å². The monoisotopic (exact) mass is 366 g/mol. The zero-order chi connectivity index (χ0) is 18.6. The lowest BCUT2D eigenvalue weighted by molar-refractivity contribution is 0.0694. The van der Waals surface area contributed by atoms with E-state index in [0.717, 1.165) is 12.3 Å². The van der Waals surface area contributed by atoms with Gasteiger partial charge in [0.25, 0.3) is 0 Å². The first-order chi connectivity index (χ1) is 12.4. The number of aromatic nitrogens is 1. The van der Waals surface area contributed by atoms with Crippen LogP contribution < -0.4 is 15.1 Å². The molecule has 0 saturated carbocycles. The third-order valence-electron chi connectivity index (χ3n) is 4.90. The van der Waals surface area contributed by atoms with Crippen LogP contribution in [0.1, 0.15) is 22.8 Å². The summed E-state index contributed by atoms with van der Waals surface area (Å²) < 4.78 is 35.2. The maximum Gasteiger partial charge on any atom is 0.341 e. The maximum atomic E-state index is 14.8. The van der Waals surface area contributed by atoms with Crippen molar-refractivity contribution in [2.75, 3.05) is 31.3 Å². The first-order valence-corrected chi connectivity index (χ1v) is 8.18. The quantitative estimate of drug-likeness (QED) is 0.851. The lowest BCUT2D eigenvalue weighted by atomic mass is 10.1. The standard InChI is InChI=1S/C17H16F2N2O5/c18-4-8-7-26-16-13-10(15(23)11(17(24)25)6-21(8)13)3-12(19)14(16)20-2-1-9(22)5-20/h3,6,8-9,22H,1-2,4-5,7H2,(H,24,25)/t8-,9-/m0/s1. The molecule has 9 heteroatoms. The van der Waals surface area contributed by atoms with Crippen LogP contribution in [0.4, 0.5) is 14.5 Å². The Morgan fingerprint density at radius 1 is 1.42 bits per heavy atom. The molecule has 0 unspecified atom stereocenters. The van der Waals surface area contributed by atoms with E-state index in [9.17, 15) is 28.6 Å². The molecule has 1 fully saturated rings. The van der Waals surface area contributed by atoms with Gasteiger partial charge in [-0.05, 0) is 12.5 Å². The summed E-state index contributed by atoms with van der Waals surface area (Å²) in [7, 11) is 0. The molecule has 138 valence electrons. The average Bonchev–Trinajstić information content (AvgIpc) is 3.03. The van der Waals surface area contributed by atoms with E-state index in [1.54, 1.807) is 4.90 Å². The summed E-state index contributed by atoms with van der Waals surface area (Å²) in [5, 5.41) is 18.8. The van der Waals surface area contributed by atoms with Gasteiger partial charge >= 0.3 is 5.97 Å². The number of benzene rings is 1. The van der Waals surface area contributed by atoms with E-state index in [1.165, 1.54) is 4.57 Å². The van der Waals surface area contributed by atoms with Gasteiger partial charge in [-0.3, -0.25) is 4.79 Å². The average molecular weight is 366 g/mol. The highest BCUT2D eigenvalue weighted by Crippen LogP contribution is 2.42. The van der Waals surface area contributed by atoms with Gasteiger partial charge in [0.1, 0.15) is 24.5 Å². The number of pyridine rings is 1. The SMILES string of the molecule is O=C(O)c1cn2c3c(c(N4CC[C@H](O)C4)c(F)cc3c1=O)OC[C@@H]2CF. The topological polar surface area (TPSA) is 92.0 Å². The molecule has 0 radical (unpaired) electrons. The molecule has 2 atom stereocenters. The number of carboxylic acid groups (broad SMARTS) is 1. The zero-order valence-corrected chi connectivity index (χ0v) is 13.6. The second kappa shape index (κ2) is 5.94. The predicted molar refractivity (Wildman–Crippen MR) is 88.5 cm³/mol. The number of β-amino-alcohol motifs (C(OH)–C–C–N with tert-alkyl or cyclic N) is 1. The van der Waals surface area contributed by atoms with Crippen LogP contribution in [0, 0.1) is 5.82 Å². The minimum absolute atomic E-state index is 0.0767. The normalized spacial score (nSPS) is 21.9. The Bertz CT molecular complexity index is 974. The van der Waals surface area contributed by atoms with E-state index in [4.69, 9.17) is 4.74 Å². The largest absolute Gasteiger partial charge is 0.487 e. The van der Waals surface area contributed by atoms with Gasteiger partial charge < -0.3 is 24.4 Å². The number of nitrogens with zero attached hydrogens (tertiary/aromatic N) is 2. The van der Waals surface area contributed by atoms with Gasteiger partial charge in [-0.15, -0.1) is 0 Å². The van der Waals surface area contributed by atoms with Crippen molar-refractivity contribution in [2.24, 2.45) is 0 Å². The van der Waals surface area contributed by atoms with Gasteiger partial charge in [0.2, 0.25) is 5.43 Å². The molecular weight excluding hydrogens is 350 g/mol. The number of ether oxygens (including phenoxy) is 1. The van der Waals surface area contributed by atoms with Crippen LogP contribution in [0.15, 0.2) is 17.1 Å². The van der Waals surface area contributed by atoms with Crippen LogP contribution in [0.2, 0.25) is 0 Å². The molecule has 2 aliphatic rings. The second-order valence-electron chi connectivity index (χ2n) is 6.52. The Balaban J connectivity index is 2.06. The summed E-state index contributed by atoms with van der Waals surface area (Å²) in [4.78, 5) is 25.5. The number of hydrogen-bond acceptors (Lipinski definition) is 5. The molecule has 4 rings (SSSR count).